The van der Waals surface area contributed by atoms with Gasteiger partial charge in [0.2, 0.25) is 0 Å². The Bertz CT molecular complexity index is 615. The molecule has 8 heteroatoms. The minimum Gasteiger partial charge on any atom is -0.484 e. The largest absolute Gasteiger partial charge is 0.484 e. The summed E-state index contributed by atoms with van der Waals surface area (Å²) < 4.78 is 40.9. The Labute approximate surface area is 137 Å². The number of carbonyl (C=O) groups excluding carboxylic acids is 1. The zero-order chi connectivity index (χ0) is 18.0. The number of halogens is 3. The van der Waals surface area contributed by atoms with E-state index in [1.54, 1.807) is 6.92 Å². The Morgan fingerprint density at radius 2 is 1.92 bits per heavy atom. The minimum atomic E-state index is -4.43. The average molecular weight is 345 g/mol. The lowest BCUT2D eigenvalue weighted by Crippen LogP contribution is -2.48. The molecule has 0 spiro atoms. The number of aliphatic carboxylic acids is 1. The first-order valence-corrected chi connectivity index (χ1v) is 7.43. The number of benzene rings is 1. The van der Waals surface area contributed by atoms with E-state index >= 15 is 0 Å². The summed E-state index contributed by atoms with van der Waals surface area (Å²) in [4.78, 5) is 25.2. The van der Waals surface area contributed by atoms with Gasteiger partial charge in [-0.2, -0.15) is 13.2 Å². The van der Waals surface area contributed by atoms with E-state index in [2.05, 4.69) is 4.74 Å². The van der Waals surface area contributed by atoms with Crippen LogP contribution in [0.15, 0.2) is 24.3 Å². The van der Waals surface area contributed by atoms with Crippen molar-refractivity contribution in [3.05, 3.63) is 29.8 Å². The molecule has 0 aliphatic carbocycles. The summed E-state index contributed by atoms with van der Waals surface area (Å²) in [5.74, 6) is -1.28. The zero-order valence-corrected chi connectivity index (χ0v) is 13.1. The van der Waals surface area contributed by atoms with Crippen molar-refractivity contribution < 1.29 is 32.6 Å². The molecule has 0 aromatic heterocycles. The van der Waals surface area contributed by atoms with Crippen LogP contribution in [0.3, 0.4) is 0 Å². The lowest BCUT2D eigenvalue weighted by molar-refractivity contribution is -0.153. The highest BCUT2D eigenvalue weighted by molar-refractivity contribution is 5.94. The van der Waals surface area contributed by atoms with Gasteiger partial charge in [0.25, 0.3) is 5.91 Å². The Kier molecular flexibility index (Phi) is 5.05. The van der Waals surface area contributed by atoms with Gasteiger partial charge in [0.1, 0.15) is 5.75 Å². The molecule has 1 N–H and O–H groups in total. The molecule has 1 aliphatic rings. The van der Waals surface area contributed by atoms with Crippen LogP contribution in [0, 0.1) is 5.41 Å². The van der Waals surface area contributed by atoms with Gasteiger partial charge in [0.05, 0.1) is 5.41 Å². The molecule has 132 valence electrons. The fourth-order valence-corrected chi connectivity index (χ4v) is 2.63. The number of hydrogen-bond donors (Lipinski definition) is 1. The zero-order valence-electron chi connectivity index (χ0n) is 13.1. The molecule has 0 saturated carbocycles. The predicted molar refractivity (Wildman–Crippen MR) is 78.9 cm³/mol. The summed E-state index contributed by atoms with van der Waals surface area (Å²) in [7, 11) is 0. The Morgan fingerprint density at radius 3 is 2.46 bits per heavy atom. The third kappa shape index (κ3) is 4.39. The molecule has 1 heterocycles. The van der Waals surface area contributed by atoms with E-state index < -0.39 is 24.2 Å². The van der Waals surface area contributed by atoms with E-state index in [1.807, 2.05) is 0 Å². The van der Waals surface area contributed by atoms with Crippen molar-refractivity contribution in [1.29, 1.82) is 0 Å². The van der Waals surface area contributed by atoms with Crippen LogP contribution in [0.5, 0.6) is 5.75 Å². The van der Waals surface area contributed by atoms with Crippen LogP contribution in [-0.4, -0.2) is 47.8 Å². The lowest BCUT2D eigenvalue weighted by Gasteiger charge is -2.37. The van der Waals surface area contributed by atoms with Gasteiger partial charge in [-0.25, -0.2) is 0 Å². The SMILES string of the molecule is CC1(C(=O)O)CCCN(C(=O)c2ccc(OCC(F)(F)F)cc2)C1. The van der Waals surface area contributed by atoms with Gasteiger partial charge in [0.15, 0.2) is 6.61 Å². The number of likely N-dealkylation sites (tertiary alicyclic amines) is 1. The number of nitrogens with zero attached hydrogens (tertiary/aromatic N) is 1. The number of amides is 1. The number of ether oxygens (including phenoxy) is 1. The van der Waals surface area contributed by atoms with Crippen LogP contribution in [0.1, 0.15) is 30.1 Å². The molecular formula is C16H18F3NO4. The summed E-state index contributed by atoms with van der Waals surface area (Å²) in [6.45, 7) is 0.758. The Morgan fingerprint density at radius 1 is 1.29 bits per heavy atom. The third-order valence-corrected chi connectivity index (χ3v) is 4.00. The van der Waals surface area contributed by atoms with E-state index in [9.17, 15) is 27.9 Å². The fraction of sp³-hybridized carbons (Fsp3) is 0.500. The molecule has 1 fully saturated rings. The van der Waals surface area contributed by atoms with Gasteiger partial charge in [0, 0.05) is 18.7 Å². The average Bonchev–Trinajstić information content (AvgIpc) is 2.52. The van der Waals surface area contributed by atoms with Crippen LogP contribution < -0.4 is 4.74 Å². The Balaban J connectivity index is 2.03. The van der Waals surface area contributed by atoms with Gasteiger partial charge in [-0.05, 0) is 44.0 Å². The van der Waals surface area contributed by atoms with Gasteiger partial charge in [-0.1, -0.05) is 0 Å². The number of hydrogen-bond acceptors (Lipinski definition) is 3. The second kappa shape index (κ2) is 6.70. The van der Waals surface area contributed by atoms with Crippen molar-refractivity contribution in [2.24, 2.45) is 5.41 Å². The van der Waals surface area contributed by atoms with Crippen molar-refractivity contribution in [3.8, 4) is 5.75 Å². The second-order valence-electron chi connectivity index (χ2n) is 6.12. The van der Waals surface area contributed by atoms with Gasteiger partial charge >= 0.3 is 12.1 Å². The number of carboxylic acid groups (broad SMARTS) is 1. The molecule has 1 aromatic carbocycles. The summed E-state index contributed by atoms with van der Waals surface area (Å²) in [6.07, 6.45) is -3.35. The first-order chi connectivity index (χ1) is 11.1. The highest BCUT2D eigenvalue weighted by atomic mass is 19.4. The number of rotatable bonds is 4. The lowest BCUT2D eigenvalue weighted by atomic mass is 9.82. The highest BCUT2D eigenvalue weighted by Crippen LogP contribution is 2.30. The first-order valence-electron chi connectivity index (χ1n) is 7.43. The smallest absolute Gasteiger partial charge is 0.422 e. The molecule has 0 bridgehead atoms. The monoisotopic (exact) mass is 345 g/mol. The molecule has 1 unspecified atom stereocenters. The van der Waals surface area contributed by atoms with Gasteiger partial charge in [-0.3, -0.25) is 9.59 Å². The van der Waals surface area contributed by atoms with Crippen LogP contribution in [0.4, 0.5) is 13.2 Å². The molecular weight excluding hydrogens is 327 g/mol. The summed E-state index contributed by atoms with van der Waals surface area (Å²) in [5.41, 5.74) is -0.701. The molecule has 24 heavy (non-hydrogen) atoms. The van der Waals surface area contributed by atoms with E-state index in [0.717, 1.165) is 0 Å². The predicted octanol–water partition coefficient (Wildman–Crippen LogP) is 2.95. The maximum absolute atomic E-state index is 12.5. The molecule has 1 atom stereocenters. The molecule has 1 aromatic rings. The van der Waals surface area contributed by atoms with Crippen molar-refractivity contribution in [2.75, 3.05) is 19.7 Å². The second-order valence-corrected chi connectivity index (χ2v) is 6.12. The van der Waals surface area contributed by atoms with Crippen molar-refractivity contribution in [1.82, 2.24) is 4.90 Å². The number of alkyl halides is 3. The third-order valence-electron chi connectivity index (χ3n) is 4.00. The molecule has 2 rings (SSSR count). The van der Waals surface area contributed by atoms with Crippen LogP contribution in [-0.2, 0) is 4.79 Å². The quantitative estimate of drug-likeness (QED) is 0.911. The highest BCUT2D eigenvalue weighted by Gasteiger charge is 2.39. The molecule has 5 nitrogen and oxygen atoms in total. The Hall–Kier alpha value is -2.25. The number of piperidine rings is 1. The molecule has 1 amide bonds. The maximum Gasteiger partial charge on any atom is 0.422 e. The summed E-state index contributed by atoms with van der Waals surface area (Å²) in [6, 6.07) is 5.33. The first kappa shape index (κ1) is 18.1. The van der Waals surface area contributed by atoms with Gasteiger partial charge in [-0.15, -0.1) is 0 Å². The van der Waals surface area contributed by atoms with Gasteiger partial charge < -0.3 is 14.7 Å². The summed E-state index contributed by atoms with van der Waals surface area (Å²) >= 11 is 0. The topological polar surface area (TPSA) is 66.8 Å². The number of carboxylic acids is 1. The molecule has 1 saturated heterocycles. The van der Waals surface area contributed by atoms with Crippen molar-refractivity contribution in [3.63, 3.8) is 0 Å². The molecule has 0 radical (unpaired) electrons. The van der Waals surface area contributed by atoms with E-state index in [1.165, 1.54) is 29.2 Å². The van der Waals surface area contributed by atoms with E-state index in [4.69, 9.17) is 0 Å². The van der Waals surface area contributed by atoms with Crippen molar-refractivity contribution >= 4 is 11.9 Å². The summed E-state index contributed by atoms with van der Waals surface area (Å²) in [5, 5.41) is 9.28. The minimum absolute atomic E-state index is 0.0119. The molecule has 1 aliphatic heterocycles. The van der Waals surface area contributed by atoms with E-state index in [-0.39, 0.29) is 23.8 Å². The standard InChI is InChI=1S/C16H18F3NO4/c1-15(14(22)23)7-2-8-20(9-15)13(21)11-3-5-12(6-4-11)24-10-16(17,18)19/h3-6H,2,7-10H2,1H3,(H,22,23). The fourth-order valence-electron chi connectivity index (χ4n) is 2.63. The maximum atomic E-state index is 12.5. The van der Waals surface area contributed by atoms with Crippen molar-refractivity contribution in [2.45, 2.75) is 25.9 Å². The number of carbonyl (C=O) groups is 2. The van der Waals surface area contributed by atoms with Crippen LogP contribution in [0.25, 0.3) is 0 Å². The van der Waals surface area contributed by atoms with Crippen LogP contribution >= 0.6 is 0 Å². The van der Waals surface area contributed by atoms with Crippen LogP contribution in [0.2, 0.25) is 0 Å². The van der Waals surface area contributed by atoms with E-state index in [0.29, 0.717) is 19.4 Å². The normalized spacial score (nSPS) is 21.4.